The second-order valence-corrected chi connectivity index (χ2v) is 5.23. The van der Waals surface area contributed by atoms with Gasteiger partial charge in [-0.05, 0) is 19.3 Å². The van der Waals surface area contributed by atoms with Crippen molar-refractivity contribution in [1.82, 2.24) is 9.97 Å². The first kappa shape index (κ1) is 14.7. The van der Waals surface area contributed by atoms with Crippen LogP contribution in [0.15, 0.2) is 6.33 Å². The zero-order valence-electron chi connectivity index (χ0n) is 11.7. The Hall–Kier alpha value is -1.72. The minimum atomic E-state index is -0.428. The molecular formula is C14H21FN4O. The highest BCUT2D eigenvalue weighted by molar-refractivity contribution is 5.78. The molecule has 20 heavy (non-hydrogen) atoms. The van der Waals surface area contributed by atoms with Crippen molar-refractivity contribution in [3.05, 3.63) is 17.8 Å². The molecule has 0 aromatic carbocycles. The summed E-state index contributed by atoms with van der Waals surface area (Å²) in [6, 6.07) is -0.149. The van der Waals surface area contributed by atoms with Crippen LogP contribution in [-0.4, -0.2) is 21.9 Å². The van der Waals surface area contributed by atoms with Crippen LogP contribution in [0.3, 0.4) is 0 Å². The van der Waals surface area contributed by atoms with Crippen molar-refractivity contribution in [2.45, 2.75) is 51.5 Å². The number of nitrogens with two attached hydrogens (primary N) is 1. The number of rotatable bonds is 4. The monoisotopic (exact) mass is 280 g/mol. The van der Waals surface area contributed by atoms with Gasteiger partial charge in [-0.3, -0.25) is 4.79 Å². The summed E-state index contributed by atoms with van der Waals surface area (Å²) in [5.74, 6) is -0.844. The predicted octanol–water partition coefficient (Wildman–Crippen LogP) is 2.02. The molecule has 1 saturated carbocycles. The van der Waals surface area contributed by atoms with E-state index >= 15 is 0 Å². The van der Waals surface area contributed by atoms with E-state index in [0.717, 1.165) is 32.1 Å². The van der Waals surface area contributed by atoms with Gasteiger partial charge in [-0.1, -0.05) is 26.2 Å². The Balaban J connectivity index is 2.19. The zero-order chi connectivity index (χ0) is 14.5. The fourth-order valence-electron chi connectivity index (χ4n) is 2.75. The van der Waals surface area contributed by atoms with Crippen molar-refractivity contribution in [3.8, 4) is 0 Å². The number of hydrogen-bond donors (Lipinski definition) is 2. The lowest BCUT2D eigenvalue weighted by molar-refractivity contribution is -0.122. The van der Waals surface area contributed by atoms with E-state index in [1.54, 1.807) is 0 Å². The van der Waals surface area contributed by atoms with E-state index in [4.69, 9.17) is 5.73 Å². The molecule has 1 fully saturated rings. The van der Waals surface area contributed by atoms with Gasteiger partial charge in [0, 0.05) is 6.04 Å². The van der Waals surface area contributed by atoms with Crippen molar-refractivity contribution >= 4 is 11.7 Å². The van der Waals surface area contributed by atoms with Gasteiger partial charge >= 0.3 is 0 Å². The van der Waals surface area contributed by atoms with E-state index in [0.29, 0.717) is 12.1 Å². The highest BCUT2D eigenvalue weighted by Gasteiger charge is 2.29. The van der Waals surface area contributed by atoms with E-state index in [1.807, 2.05) is 6.92 Å². The second-order valence-electron chi connectivity index (χ2n) is 5.23. The van der Waals surface area contributed by atoms with Gasteiger partial charge in [-0.2, -0.15) is 0 Å². The van der Waals surface area contributed by atoms with Crippen molar-refractivity contribution in [1.29, 1.82) is 0 Å². The number of carbonyl (C=O) groups is 1. The maximum atomic E-state index is 14.2. The van der Waals surface area contributed by atoms with Crippen LogP contribution >= 0.6 is 0 Å². The number of halogens is 1. The molecule has 2 atom stereocenters. The first-order valence-electron chi connectivity index (χ1n) is 7.18. The van der Waals surface area contributed by atoms with Crippen LogP contribution in [-0.2, 0) is 11.2 Å². The Morgan fingerprint density at radius 3 is 2.85 bits per heavy atom. The number of nitrogens with one attached hydrogen (secondary N) is 1. The van der Waals surface area contributed by atoms with E-state index in [-0.39, 0.29) is 23.7 Å². The van der Waals surface area contributed by atoms with Crippen LogP contribution in [0.1, 0.15) is 44.7 Å². The summed E-state index contributed by atoms with van der Waals surface area (Å²) in [7, 11) is 0. The van der Waals surface area contributed by atoms with Gasteiger partial charge in [0.1, 0.15) is 6.33 Å². The van der Waals surface area contributed by atoms with Crippen molar-refractivity contribution in [2.24, 2.45) is 11.7 Å². The lowest BCUT2D eigenvalue weighted by Gasteiger charge is -2.24. The summed E-state index contributed by atoms with van der Waals surface area (Å²) in [5.41, 5.74) is 5.85. The molecule has 1 amide bonds. The molecule has 0 bridgehead atoms. The maximum absolute atomic E-state index is 14.2. The quantitative estimate of drug-likeness (QED) is 0.827. The van der Waals surface area contributed by atoms with Crippen LogP contribution in [0.2, 0.25) is 0 Å². The zero-order valence-corrected chi connectivity index (χ0v) is 11.7. The number of aromatic nitrogens is 2. The average Bonchev–Trinajstić information content (AvgIpc) is 2.66. The van der Waals surface area contributed by atoms with E-state index in [2.05, 4.69) is 15.3 Å². The maximum Gasteiger partial charge on any atom is 0.222 e. The standard InChI is InChI=1S/C14H21FN4O/c1-2-10-12(15)14(18-8-17-10)19-11-7-5-3-4-6-9(11)13(16)20/h8-9,11H,2-7H2,1H3,(H2,16,20)(H,17,18,19). The molecule has 5 nitrogen and oxygen atoms in total. The van der Waals surface area contributed by atoms with E-state index in [1.165, 1.54) is 6.33 Å². The molecule has 2 unspecified atom stereocenters. The van der Waals surface area contributed by atoms with Crippen LogP contribution in [0.4, 0.5) is 10.2 Å². The number of aryl methyl sites for hydroxylation is 1. The average molecular weight is 280 g/mol. The summed E-state index contributed by atoms with van der Waals surface area (Å²) < 4.78 is 14.2. The molecule has 3 N–H and O–H groups in total. The van der Waals surface area contributed by atoms with Gasteiger partial charge in [0.05, 0.1) is 11.6 Å². The molecule has 1 aromatic rings. The number of hydrogen-bond acceptors (Lipinski definition) is 4. The van der Waals surface area contributed by atoms with Gasteiger partial charge in [-0.15, -0.1) is 0 Å². The summed E-state index contributed by atoms with van der Waals surface area (Å²) in [6.45, 7) is 1.84. The SMILES string of the molecule is CCc1ncnc(NC2CCCCCC2C(N)=O)c1F. The molecule has 0 aliphatic heterocycles. The molecule has 110 valence electrons. The second kappa shape index (κ2) is 6.63. The van der Waals surface area contributed by atoms with Gasteiger partial charge in [0.15, 0.2) is 11.6 Å². The number of anilines is 1. The highest BCUT2D eigenvalue weighted by atomic mass is 19.1. The summed E-state index contributed by atoms with van der Waals surface area (Å²) in [4.78, 5) is 19.4. The van der Waals surface area contributed by atoms with Gasteiger partial charge < -0.3 is 11.1 Å². The third-order valence-corrected chi connectivity index (χ3v) is 3.90. The summed E-state index contributed by atoms with van der Waals surface area (Å²) >= 11 is 0. The number of primary amides is 1. The number of amides is 1. The molecule has 1 aliphatic carbocycles. The van der Waals surface area contributed by atoms with Gasteiger partial charge in [0.25, 0.3) is 0 Å². The fraction of sp³-hybridized carbons (Fsp3) is 0.643. The first-order valence-corrected chi connectivity index (χ1v) is 7.18. The molecule has 0 spiro atoms. The molecule has 0 saturated heterocycles. The molecular weight excluding hydrogens is 259 g/mol. The van der Waals surface area contributed by atoms with Gasteiger partial charge in [-0.25, -0.2) is 14.4 Å². The number of carbonyl (C=O) groups excluding carboxylic acids is 1. The Morgan fingerprint density at radius 1 is 1.40 bits per heavy atom. The third-order valence-electron chi connectivity index (χ3n) is 3.90. The summed E-state index contributed by atoms with van der Waals surface area (Å²) in [5, 5.41) is 3.07. The Kier molecular flexibility index (Phi) is 4.87. The third kappa shape index (κ3) is 3.23. The molecule has 6 heteroatoms. The van der Waals surface area contributed by atoms with Crippen molar-refractivity contribution in [2.75, 3.05) is 5.32 Å². The van der Waals surface area contributed by atoms with Crippen LogP contribution in [0.25, 0.3) is 0 Å². The Labute approximate surface area is 118 Å². The normalized spacial score (nSPS) is 23.1. The molecule has 2 rings (SSSR count). The van der Waals surface area contributed by atoms with E-state index in [9.17, 15) is 9.18 Å². The topological polar surface area (TPSA) is 80.9 Å². The largest absolute Gasteiger partial charge is 0.369 e. The van der Waals surface area contributed by atoms with E-state index < -0.39 is 5.82 Å². The lowest BCUT2D eigenvalue weighted by atomic mass is 9.94. The van der Waals surface area contributed by atoms with Crippen LogP contribution in [0, 0.1) is 11.7 Å². The summed E-state index contributed by atoms with van der Waals surface area (Å²) in [6.07, 6.45) is 6.48. The number of nitrogens with zero attached hydrogens (tertiary/aromatic N) is 2. The smallest absolute Gasteiger partial charge is 0.222 e. The minimum absolute atomic E-state index is 0.149. The van der Waals surface area contributed by atoms with Crippen molar-refractivity contribution in [3.63, 3.8) is 0 Å². The Bertz CT molecular complexity index is 480. The van der Waals surface area contributed by atoms with Crippen LogP contribution < -0.4 is 11.1 Å². The molecule has 0 radical (unpaired) electrons. The molecule has 1 aromatic heterocycles. The lowest BCUT2D eigenvalue weighted by Crippen LogP contribution is -2.38. The predicted molar refractivity (Wildman–Crippen MR) is 74.5 cm³/mol. The van der Waals surface area contributed by atoms with Crippen LogP contribution in [0.5, 0.6) is 0 Å². The highest BCUT2D eigenvalue weighted by Crippen LogP contribution is 2.26. The Morgan fingerprint density at radius 2 is 2.15 bits per heavy atom. The minimum Gasteiger partial charge on any atom is -0.369 e. The van der Waals surface area contributed by atoms with Crippen molar-refractivity contribution < 1.29 is 9.18 Å². The first-order chi connectivity index (χ1) is 9.63. The molecule has 1 aliphatic rings. The van der Waals surface area contributed by atoms with Gasteiger partial charge in [0.2, 0.25) is 5.91 Å². The molecule has 1 heterocycles. The fourth-order valence-corrected chi connectivity index (χ4v) is 2.75.